The Bertz CT molecular complexity index is 1290. The van der Waals surface area contributed by atoms with Crippen LogP contribution in [-0.4, -0.2) is 53.9 Å². The highest BCUT2D eigenvalue weighted by molar-refractivity contribution is 5.81. The first kappa shape index (κ1) is 33.3. The summed E-state index contributed by atoms with van der Waals surface area (Å²) in [6.45, 7) is 3.77. The van der Waals surface area contributed by atoms with Crippen molar-refractivity contribution in [2.75, 3.05) is 26.2 Å². The second-order valence-electron chi connectivity index (χ2n) is 12.7. The normalized spacial score (nSPS) is 25.6. The van der Waals surface area contributed by atoms with Crippen molar-refractivity contribution >= 4 is 11.8 Å². The monoisotopic (exact) mass is 638 g/mol. The first-order valence-electron chi connectivity index (χ1n) is 15.9. The zero-order valence-electron chi connectivity index (χ0n) is 25.4. The summed E-state index contributed by atoms with van der Waals surface area (Å²) in [5.74, 6) is -0.317. The van der Waals surface area contributed by atoms with Crippen LogP contribution in [0.2, 0.25) is 0 Å². The summed E-state index contributed by atoms with van der Waals surface area (Å²) >= 11 is 0. The maximum atomic E-state index is 13.7. The van der Waals surface area contributed by atoms with Gasteiger partial charge in [-0.3, -0.25) is 9.59 Å². The Morgan fingerprint density at radius 3 is 1.80 bits per heavy atom. The summed E-state index contributed by atoms with van der Waals surface area (Å²) in [4.78, 5) is 30.5. The van der Waals surface area contributed by atoms with E-state index in [1.165, 1.54) is 6.92 Å². The standard InChI is InChI=1S/C34H40F6N2O3/c1-22(26-18-27(33(35,36)37)20-28(19-26)34(38,39)40)45-30-14-17-42(21-29(30)23-8-4-2-5-9-23)32(44)25-12-10-24(11-13-25)31(43)41-15-6-3-7-16-41/h2,4-5,8-9,18-20,22,24-25,29-30H,3,6-7,10-17,21H2,1H3/t22-,24?,25?,29+,30+/m1/s1. The molecule has 0 aromatic heterocycles. The largest absolute Gasteiger partial charge is 0.416 e. The molecule has 2 heterocycles. The molecule has 2 aromatic rings. The third-order valence-corrected chi connectivity index (χ3v) is 9.64. The number of hydrogen-bond acceptors (Lipinski definition) is 3. The minimum atomic E-state index is -4.95. The van der Waals surface area contributed by atoms with Gasteiger partial charge in [0.05, 0.1) is 23.3 Å². The van der Waals surface area contributed by atoms with E-state index in [1.54, 1.807) is 0 Å². The Labute approximate surface area is 259 Å². The fourth-order valence-electron chi connectivity index (χ4n) is 7.09. The Morgan fingerprint density at radius 2 is 1.27 bits per heavy atom. The van der Waals surface area contributed by atoms with Crippen LogP contribution < -0.4 is 0 Å². The minimum absolute atomic E-state index is 0.0269. The van der Waals surface area contributed by atoms with E-state index in [0.29, 0.717) is 57.3 Å². The van der Waals surface area contributed by atoms with Crippen LogP contribution in [0.15, 0.2) is 48.5 Å². The van der Waals surface area contributed by atoms with E-state index in [2.05, 4.69) is 0 Å². The van der Waals surface area contributed by atoms with Gasteiger partial charge in [0.15, 0.2) is 0 Å². The van der Waals surface area contributed by atoms with E-state index < -0.39 is 35.7 Å². The van der Waals surface area contributed by atoms with Crippen LogP contribution in [-0.2, 0) is 26.7 Å². The third-order valence-electron chi connectivity index (χ3n) is 9.64. The van der Waals surface area contributed by atoms with Gasteiger partial charge in [-0.25, -0.2) is 0 Å². The average molecular weight is 639 g/mol. The molecule has 45 heavy (non-hydrogen) atoms. The van der Waals surface area contributed by atoms with Gasteiger partial charge in [-0.1, -0.05) is 30.3 Å². The summed E-state index contributed by atoms with van der Waals surface area (Å²) in [5, 5.41) is 0. The van der Waals surface area contributed by atoms with E-state index in [0.717, 1.165) is 37.9 Å². The lowest BCUT2D eigenvalue weighted by atomic mass is 9.79. The number of piperidine rings is 2. The maximum absolute atomic E-state index is 13.7. The molecule has 0 N–H and O–H groups in total. The third kappa shape index (κ3) is 8.02. The molecule has 1 saturated carbocycles. The number of halogens is 6. The van der Waals surface area contributed by atoms with Crippen molar-refractivity contribution in [1.29, 1.82) is 0 Å². The fourth-order valence-corrected chi connectivity index (χ4v) is 7.09. The van der Waals surface area contributed by atoms with Crippen LogP contribution in [0.4, 0.5) is 26.3 Å². The molecule has 0 radical (unpaired) electrons. The Balaban J connectivity index is 1.27. The maximum Gasteiger partial charge on any atom is 0.416 e. The number of ether oxygens (including phenoxy) is 1. The first-order valence-corrected chi connectivity index (χ1v) is 15.9. The van der Waals surface area contributed by atoms with Crippen molar-refractivity contribution in [3.8, 4) is 0 Å². The SMILES string of the molecule is C[C@@H](O[C@H]1CCN(C(=O)C2CCC(C(=O)N3CCCCC3)CC2)C[C@H]1c1ccccc1)c1cc(C(F)(F)F)cc(C(F)(F)F)c1. The number of benzene rings is 2. The number of carbonyl (C=O) groups excluding carboxylic acids is 2. The lowest BCUT2D eigenvalue weighted by molar-refractivity contribution is -0.144. The first-order chi connectivity index (χ1) is 21.3. The van der Waals surface area contributed by atoms with Crippen molar-refractivity contribution < 1.29 is 40.7 Å². The van der Waals surface area contributed by atoms with Gasteiger partial charge in [-0.2, -0.15) is 26.3 Å². The van der Waals surface area contributed by atoms with E-state index >= 15 is 0 Å². The van der Waals surface area contributed by atoms with Gasteiger partial charge in [0.1, 0.15) is 0 Å². The predicted molar refractivity (Wildman–Crippen MR) is 156 cm³/mol. The van der Waals surface area contributed by atoms with Crippen LogP contribution >= 0.6 is 0 Å². The summed E-state index contributed by atoms with van der Waals surface area (Å²) in [6, 6.07) is 10.9. The summed E-state index contributed by atoms with van der Waals surface area (Å²) in [7, 11) is 0. The molecule has 246 valence electrons. The topological polar surface area (TPSA) is 49.9 Å². The number of carbonyl (C=O) groups is 2. The predicted octanol–water partition coefficient (Wildman–Crippen LogP) is 8.01. The van der Waals surface area contributed by atoms with Crippen LogP contribution in [0.25, 0.3) is 0 Å². The highest BCUT2D eigenvalue weighted by Crippen LogP contribution is 2.40. The van der Waals surface area contributed by atoms with E-state index in [9.17, 15) is 35.9 Å². The highest BCUT2D eigenvalue weighted by Gasteiger charge is 2.40. The molecular formula is C34H40F6N2O3. The molecular weight excluding hydrogens is 598 g/mol. The molecule has 2 aliphatic heterocycles. The second kappa shape index (κ2) is 13.7. The fraction of sp³-hybridized carbons (Fsp3) is 0.588. The van der Waals surface area contributed by atoms with Gasteiger partial charge in [-0.05, 0) is 87.6 Å². The number of alkyl halides is 6. The van der Waals surface area contributed by atoms with Crippen molar-refractivity contribution in [3.05, 3.63) is 70.8 Å². The van der Waals surface area contributed by atoms with Crippen LogP contribution in [0.3, 0.4) is 0 Å². The van der Waals surface area contributed by atoms with Crippen molar-refractivity contribution in [3.63, 3.8) is 0 Å². The smallest absolute Gasteiger partial charge is 0.370 e. The zero-order chi connectivity index (χ0) is 32.4. The molecule has 1 aliphatic carbocycles. The lowest BCUT2D eigenvalue weighted by Gasteiger charge is -2.42. The van der Waals surface area contributed by atoms with E-state index in [-0.39, 0.29) is 41.2 Å². The molecule has 3 fully saturated rings. The molecule has 5 nitrogen and oxygen atoms in total. The van der Waals surface area contributed by atoms with Crippen molar-refractivity contribution in [2.45, 2.75) is 88.8 Å². The zero-order valence-corrected chi connectivity index (χ0v) is 25.4. The molecule has 2 aromatic carbocycles. The molecule has 0 spiro atoms. The van der Waals surface area contributed by atoms with Gasteiger partial charge >= 0.3 is 12.4 Å². The number of rotatable bonds is 6. The van der Waals surface area contributed by atoms with Crippen LogP contribution in [0.5, 0.6) is 0 Å². The molecule has 5 rings (SSSR count). The average Bonchev–Trinajstić information content (AvgIpc) is 3.04. The number of amides is 2. The number of likely N-dealkylation sites (tertiary alicyclic amines) is 2. The Kier molecular flexibility index (Phi) is 10.2. The molecule has 2 saturated heterocycles. The van der Waals surface area contributed by atoms with E-state index in [4.69, 9.17) is 4.74 Å². The number of nitrogens with zero attached hydrogens (tertiary/aromatic N) is 2. The van der Waals surface area contributed by atoms with Gasteiger partial charge in [0.2, 0.25) is 11.8 Å². The summed E-state index contributed by atoms with van der Waals surface area (Å²) in [5.41, 5.74) is -2.09. The second-order valence-corrected chi connectivity index (χ2v) is 12.7. The highest BCUT2D eigenvalue weighted by atomic mass is 19.4. The Hall–Kier alpha value is -3.08. The van der Waals surface area contributed by atoms with Crippen LogP contribution in [0, 0.1) is 11.8 Å². The summed E-state index contributed by atoms with van der Waals surface area (Å²) < 4.78 is 87.2. The number of hydrogen-bond donors (Lipinski definition) is 0. The molecule has 3 aliphatic rings. The quantitative estimate of drug-likeness (QED) is 0.302. The van der Waals surface area contributed by atoms with Gasteiger partial charge in [0, 0.05) is 43.9 Å². The van der Waals surface area contributed by atoms with E-state index in [1.807, 2.05) is 40.1 Å². The molecule has 0 bridgehead atoms. The molecule has 3 atom stereocenters. The lowest BCUT2D eigenvalue weighted by Crippen LogP contribution is -2.48. The van der Waals surface area contributed by atoms with Gasteiger partial charge in [0.25, 0.3) is 0 Å². The molecule has 2 amide bonds. The Morgan fingerprint density at radius 1 is 0.733 bits per heavy atom. The van der Waals surface area contributed by atoms with Crippen molar-refractivity contribution in [2.24, 2.45) is 11.8 Å². The van der Waals surface area contributed by atoms with Crippen LogP contribution in [0.1, 0.15) is 92.6 Å². The summed E-state index contributed by atoms with van der Waals surface area (Å²) in [6.07, 6.45) is -5.24. The van der Waals surface area contributed by atoms with Gasteiger partial charge < -0.3 is 14.5 Å². The molecule has 0 unspecified atom stereocenters. The minimum Gasteiger partial charge on any atom is -0.370 e. The van der Waals surface area contributed by atoms with Gasteiger partial charge in [-0.15, -0.1) is 0 Å². The molecule has 11 heteroatoms. The van der Waals surface area contributed by atoms with Crippen molar-refractivity contribution in [1.82, 2.24) is 9.80 Å².